The van der Waals surface area contributed by atoms with Gasteiger partial charge in [0.1, 0.15) is 0 Å². The van der Waals surface area contributed by atoms with Crippen LogP contribution in [0, 0.1) is 15.9 Å². The van der Waals surface area contributed by atoms with Gasteiger partial charge in [0.25, 0.3) is 0 Å². The molecule has 1 saturated carbocycles. The van der Waals surface area contributed by atoms with Crippen LogP contribution in [0.1, 0.15) is 31.2 Å². The maximum absolute atomic E-state index is 13.5. The van der Waals surface area contributed by atoms with Gasteiger partial charge in [-0.3, -0.25) is 15.0 Å². The maximum atomic E-state index is 13.5. The summed E-state index contributed by atoms with van der Waals surface area (Å²) in [5.74, 6) is -0.819. The molecule has 2 rings (SSSR count). The molecule has 0 amide bonds. The van der Waals surface area contributed by atoms with E-state index in [1.807, 2.05) is 11.9 Å². The van der Waals surface area contributed by atoms with E-state index in [9.17, 15) is 19.6 Å². The fourth-order valence-electron chi connectivity index (χ4n) is 2.86. The first kappa shape index (κ1) is 14.9. The summed E-state index contributed by atoms with van der Waals surface area (Å²) >= 11 is 0. The molecule has 1 aliphatic carbocycles. The van der Waals surface area contributed by atoms with Crippen LogP contribution in [0.2, 0.25) is 0 Å². The summed E-state index contributed by atoms with van der Waals surface area (Å²) in [6.07, 6.45) is 3.67. The van der Waals surface area contributed by atoms with Crippen LogP contribution >= 0.6 is 0 Å². The molecule has 0 unspecified atom stereocenters. The van der Waals surface area contributed by atoms with E-state index in [4.69, 9.17) is 0 Å². The molecule has 0 heterocycles. The van der Waals surface area contributed by atoms with Crippen molar-refractivity contribution in [1.29, 1.82) is 0 Å². The molecule has 0 aliphatic heterocycles. The Labute approximate surface area is 117 Å². The number of hydrogen-bond donors (Lipinski definition) is 1. The minimum absolute atomic E-state index is 0.456. The summed E-state index contributed by atoms with van der Waals surface area (Å²) in [7, 11) is 1.86. The number of halogens is 1. The summed E-state index contributed by atoms with van der Waals surface area (Å²) in [4.78, 5) is 11.7. The Hall–Kier alpha value is -1.53. The summed E-state index contributed by atoms with van der Waals surface area (Å²) in [5, 5.41) is 20.9. The molecule has 110 valence electrons. The fraction of sp³-hybridized carbons (Fsp3) is 0.571. The lowest BCUT2D eigenvalue weighted by molar-refractivity contribution is -0.387. The van der Waals surface area contributed by atoms with Crippen molar-refractivity contribution in [1.82, 2.24) is 4.90 Å². The number of nitro groups is 1. The van der Waals surface area contributed by atoms with Crippen LogP contribution in [0.15, 0.2) is 18.2 Å². The van der Waals surface area contributed by atoms with Crippen LogP contribution in [0.3, 0.4) is 0 Å². The van der Waals surface area contributed by atoms with Gasteiger partial charge in [0.2, 0.25) is 5.82 Å². The topological polar surface area (TPSA) is 66.6 Å². The van der Waals surface area contributed by atoms with E-state index in [2.05, 4.69) is 0 Å². The van der Waals surface area contributed by atoms with Crippen LogP contribution in [0.5, 0.6) is 0 Å². The lowest BCUT2D eigenvalue weighted by Gasteiger charge is -2.28. The van der Waals surface area contributed by atoms with E-state index < -0.39 is 22.0 Å². The Balaban J connectivity index is 1.99. The molecule has 5 nitrogen and oxygen atoms in total. The molecule has 0 atom stereocenters. The van der Waals surface area contributed by atoms with Crippen molar-refractivity contribution in [2.45, 2.75) is 37.8 Å². The number of hydrogen-bond acceptors (Lipinski definition) is 4. The van der Waals surface area contributed by atoms with Gasteiger partial charge in [-0.2, -0.15) is 4.39 Å². The fourth-order valence-corrected chi connectivity index (χ4v) is 2.86. The van der Waals surface area contributed by atoms with E-state index in [0.717, 1.165) is 25.7 Å². The number of benzene rings is 1. The molecule has 1 aliphatic rings. The van der Waals surface area contributed by atoms with E-state index >= 15 is 0 Å². The highest BCUT2D eigenvalue weighted by atomic mass is 19.1. The van der Waals surface area contributed by atoms with Gasteiger partial charge in [0, 0.05) is 19.2 Å². The molecular weight excluding hydrogens is 263 g/mol. The molecule has 0 spiro atoms. The largest absolute Gasteiger partial charge is 0.389 e. The monoisotopic (exact) mass is 282 g/mol. The standard InChI is InChI=1S/C14H19FN2O3/c1-16(10-14(18)6-2-3-7-14)9-11-4-5-13(17(19)20)12(15)8-11/h4-5,8,18H,2-3,6-7,9-10H2,1H3. The van der Waals surface area contributed by atoms with E-state index in [-0.39, 0.29) is 0 Å². The summed E-state index contributed by atoms with van der Waals surface area (Å²) in [6, 6.07) is 3.92. The molecule has 0 bridgehead atoms. The number of nitro benzene ring substituents is 1. The number of likely N-dealkylation sites (N-methyl/N-ethyl adjacent to an activating group) is 1. The van der Waals surface area contributed by atoms with Crippen molar-refractivity contribution in [2.24, 2.45) is 0 Å². The van der Waals surface area contributed by atoms with Crippen molar-refractivity contribution in [3.8, 4) is 0 Å². The van der Waals surface area contributed by atoms with Gasteiger partial charge in [0.05, 0.1) is 10.5 Å². The van der Waals surface area contributed by atoms with E-state index in [1.165, 1.54) is 12.1 Å². The van der Waals surface area contributed by atoms with Crippen LogP contribution in [-0.4, -0.2) is 34.1 Å². The average Bonchev–Trinajstić information content (AvgIpc) is 2.74. The van der Waals surface area contributed by atoms with E-state index in [1.54, 1.807) is 6.07 Å². The molecule has 0 saturated heterocycles. The lowest BCUT2D eigenvalue weighted by Crippen LogP contribution is -2.38. The van der Waals surface area contributed by atoms with Gasteiger partial charge in [-0.1, -0.05) is 18.9 Å². The molecule has 0 radical (unpaired) electrons. The highest BCUT2D eigenvalue weighted by Gasteiger charge is 2.32. The van der Waals surface area contributed by atoms with Crippen molar-refractivity contribution >= 4 is 5.69 Å². The smallest absolute Gasteiger partial charge is 0.304 e. The highest BCUT2D eigenvalue weighted by Crippen LogP contribution is 2.30. The third-order valence-electron chi connectivity index (χ3n) is 3.76. The number of rotatable bonds is 5. The molecule has 0 aromatic heterocycles. The minimum Gasteiger partial charge on any atom is -0.389 e. The second kappa shape index (κ2) is 5.85. The van der Waals surface area contributed by atoms with Crippen molar-refractivity contribution < 1.29 is 14.4 Å². The number of nitrogens with zero attached hydrogens (tertiary/aromatic N) is 2. The van der Waals surface area contributed by atoms with Gasteiger partial charge in [0.15, 0.2) is 0 Å². The van der Waals surface area contributed by atoms with Gasteiger partial charge in [-0.15, -0.1) is 0 Å². The highest BCUT2D eigenvalue weighted by molar-refractivity contribution is 5.34. The third-order valence-corrected chi connectivity index (χ3v) is 3.76. The summed E-state index contributed by atoms with van der Waals surface area (Å²) in [5.41, 5.74) is -0.489. The van der Waals surface area contributed by atoms with Crippen LogP contribution in [0.25, 0.3) is 0 Å². The van der Waals surface area contributed by atoms with Crippen molar-refractivity contribution in [3.05, 3.63) is 39.7 Å². The average molecular weight is 282 g/mol. The predicted octanol–water partition coefficient (Wildman–Crippen LogP) is 2.47. The Kier molecular flexibility index (Phi) is 4.35. The summed E-state index contributed by atoms with van der Waals surface area (Å²) in [6.45, 7) is 0.989. The molecule has 20 heavy (non-hydrogen) atoms. The van der Waals surface area contributed by atoms with Crippen LogP contribution in [0.4, 0.5) is 10.1 Å². The normalized spacial score (nSPS) is 17.6. The quantitative estimate of drug-likeness (QED) is 0.665. The Bertz CT molecular complexity index is 501. The predicted molar refractivity (Wildman–Crippen MR) is 72.8 cm³/mol. The summed E-state index contributed by atoms with van der Waals surface area (Å²) < 4.78 is 13.5. The Morgan fingerprint density at radius 3 is 2.65 bits per heavy atom. The zero-order valence-corrected chi connectivity index (χ0v) is 11.5. The maximum Gasteiger partial charge on any atom is 0.304 e. The van der Waals surface area contributed by atoms with Crippen molar-refractivity contribution in [3.63, 3.8) is 0 Å². The zero-order valence-electron chi connectivity index (χ0n) is 11.5. The molecule has 1 aromatic carbocycles. The minimum atomic E-state index is -0.819. The van der Waals surface area contributed by atoms with Crippen LogP contribution < -0.4 is 0 Å². The lowest BCUT2D eigenvalue weighted by atomic mass is 10.0. The number of aliphatic hydroxyl groups is 1. The van der Waals surface area contributed by atoms with Gasteiger partial charge >= 0.3 is 5.69 Å². The first-order valence-corrected chi connectivity index (χ1v) is 6.73. The van der Waals surface area contributed by atoms with Gasteiger partial charge in [-0.05, 0) is 31.5 Å². The van der Waals surface area contributed by atoms with Crippen molar-refractivity contribution in [2.75, 3.05) is 13.6 Å². The SMILES string of the molecule is CN(Cc1ccc([N+](=O)[O-])c(F)c1)CC1(O)CCCC1. The second-order valence-electron chi connectivity index (χ2n) is 5.65. The van der Waals surface area contributed by atoms with Gasteiger partial charge < -0.3 is 5.11 Å². The van der Waals surface area contributed by atoms with E-state index in [0.29, 0.717) is 18.7 Å². The third kappa shape index (κ3) is 3.52. The molecular formula is C14H19FN2O3. The Morgan fingerprint density at radius 2 is 2.10 bits per heavy atom. The van der Waals surface area contributed by atoms with Crippen LogP contribution in [-0.2, 0) is 6.54 Å². The zero-order chi connectivity index (χ0) is 14.8. The molecule has 6 heteroatoms. The van der Waals surface area contributed by atoms with Gasteiger partial charge in [-0.25, -0.2) is 0 Å². The first-order valence-electron chi connectivity index (χ1n) is 6.73. The second-order valence-corrected chi connectivity index (χ2v) is 5.65. The molecule has 1 N–H and O–H groups in total. The first-order chi connectivity index (χ1) is 9.39. The molecule has 1 fully saturated rings. The Morgan fingerprint density at radius 1 is 1.45 bits per heavy atom. The molecule has 1 aromatic rings.